The second-order valence-electron chi connectivity index (χ2n) is 7.44. The molecule has 0 aliphatic carbocycles. The summed E-state index contributed by atoms with van der Waals surface area (Å²) in [5.41, 5.74) is 5.76. The largest absolute Gasteiger partial charge is 0.348 e. The van der Waals surface area contributed by atoms with Crippen LogP contribution in [0.3, 0.4) is 0 Å². The summed E-state index contributed by atoms with van der Waals surface area (Å²) in [7, 11) is 0. The molecule has 148 valence electrons. The van der Waals surface area contributed by atoms with E-state index in [4.69, 9.17) is 21.1 Å². The van der Waals surface area contributed by atoms with Crippen LogP contribution in [0.5, 0.6) is 0 Å². The van der Waals surface area contributed by atoms with Gasteiger partial charge in [-0.25, -0.2) is 0 Å². The van der Waals surface area contributed by atoms with Gasteiger partial charge in [-0.2, -0.15) is 0 Å². The van der Waals surface area contributed by atoms with Gasteiger partial charge in [0.2, 0.25) is 0 Å². The molecule has 0 N–H and O–H groups in total. The Morgan fingerprint density at radius 1 is 0.759 bits per heavy atom. The Balaban J connectivity index is 1.40. The Morgan fingerprint density at radius 2 is 1.21 bits per heavy atom. The van der Waals surface area contributed by atoms with Crippen molar-refractivity contribution < 1.29 is 9.47 Å². The highest BCUT2D eigenvalue weighted by Crippen LogP contribution is 2.30. The van der Waals surface area contributed by atoms with Crippen molar-refractivity contribution in [3.8, 4) is 22.3 Å². The monoisotopic (exact) mass is 404 g/mol. The first kappa shape index (κ1) is 19.9. The Kier molecular flexibility index (Phi) is 6.46. The van der Waals surface area contributed by atoms with Gasteiger partial charge in [0.15, 0.2) is 6.29 Å². The minimum Gasteiger partial charge on any atom is -0.348 e. The second-order valence-corrected chi connectivity index (χ2v) is 7.87. The maximum absolute atomic E-state index is 5.98. The number of hydrogen-bond acceptors (Lipinski definition) is 2. The van der Waals surface area contributed by atoms with Crippen LogP contribution in [-0.4, -0.2) is 13.2 Å². The summed E-state index contributed by atoms with van der Waals surface area (Å²) in [5, 5.41) is 0.753. The predicted molar refractivity (Wildman–Crippen MR) is 120 cm³/mol. The lowest BCUT2D eigenvalue weighted by atomic mass is 9.99. The molecule has 1 fully saturated rings. The molecular weight excluding hydrogens is 380 g/mol. The Morgan fingerprint density at radius 3 is 1.69 bits per heavy atom. The molecule has 0 atom stereocenters. The van der Waals surface area contributed by atoms with Gasteiger partial charge < -0.3 is 9.47 Å². The molecular formula is C26H25ClO2. The molecule has 0 radical (unpaired) electrons. The Hall–Kier alpha value is -2.39. The second kappa shape index (κ2) is 9.41. The zero-order valence-corrected chi connectivity index (χ0v) is 17.1. The first-order valence-corrected chi connectivity index (χ1v) is 10.4. The standard InChI is InChI=1S/C26H25ClO2/c1-2-3-4-19-17-28-26(29-18-19)24-11-9-22(10-12-24)20-5-7-21(8-6-20)23-13-15-25(27)16-14-23/h2,5-16,19,26H,1,3-4,17-18H2/t19-,26-. The van der Waals surface area contributed by atoms with Crippen molar-refractivity contribution in [3.05, 3.63) is 96.0 Å². The molecule has 4 rings (SSSR count). The van der Waals surface area contributed by atoms with Gasteiger partial charge in [-0.15, -0.1) is 6.58 Å². The van der Waals surface area contributed by atoms with E-state index in [-0.39, 0.29) is 6.29 Å². The van der Waals surface area contributed by atoms with E-state index >= 15 is 0 Å². The fourth-order valence-corrected chi connectivity index (χ4v) is 3.71. The van der Waals surface area contributed by atoms with Gasteiger partial charge in [-0.05, 0) is 47.2 Å². The van der Waals surface area contributed by atoms with Gasteiger partial charge in [0.25, 0.3) is 0 Å². The van der Waals surface area contributed by atoms with Gasteiger partial charge >= 0.3 is 0 Å². The van der Waals surface area contributed by atoms with E-state index in [1.54, 1.807) is 0 Å². The minimum atomic E-state index is -0.267. The zero-order chi connectivity index (χ0) is 20.1. The van der Waals surface area contributed by atoms with E-state index in [2.05, 4.69) is 55.1 Å². The lowest BCUT2D eigenvalue weighted by Crippen LogP contribution is -2.26. The SMILES string of the molecule is C=CCC[C@H]1CO[C@H](c2ccc(-c3ccc(-c4ccc(Cl)cc4)cc3)cc2)OC1. The quantitative estimate of drug-likeness (QED) is 0.401. The van der Waals surface area contributed by atoms with Crippen molar-refractivity contribution in [3.63, 3.8) is 0 Å². The van der Waals surface area contributed by atoms with Crippen LogP contribution < -0.4 is 0 Å². The fraction of sp³-hybridized carbons (Fsp3) is 0.231. The van der Waals surface area contributed by atoms with E-state index in [9.17, 15) is 0 Å². The number of hydrogen-bond donors (Lipinski definition) is 0. The molecule has 1 aliphatic heterocycles. The van der Waals surface area contributed by atoms with Crippen LogP contribution in [0, 0.1) is 5.92 Å². The van der Waals surface area contributed by atoms with Crippen molar-refractivity contribution in [2.24, 2.45) is 5.92 Å². The number of rotatable bonds is 6. The van der Waals surface area contributed by atoms with Gasteiger partial charge in [0.1, 0.15) is 0 Å². The molecule has 0 saturated carbocycles. The average molecular weight is 405 g/mol. The van der Waals surface area contributed by atoms with Gasteiger partial charge in [0, 0.05) is 16.5 Å². The van der Waals surface area contributed by atoms with E-state index < -0.39 is 0 Å². The molecule has 3 aromatic carbocycles. The van der Waals surface area contributed by atoms with E-state index in [0.717, 1.165) is 42.2 Å². The molecule has 0 bridgehead atoms. The average Bonchev–Trinajstić information content (AvgIpc) is 2.79. The van der Waals surface area contributed by atoms with Crippen LogP contribution in [-0.2, 0) is 9.47 Å². The molecule has 1 heterocycles. The van der Waals surface area contributed by atoms with Gasteiger partial charge in [-0.1, -0.05) is 78.3 Å². The molecule has 2 nitrogen and oxygen atoms in total. The van der Waals surface area contributed by atoms with Crippen LogP contribution in [0.2, 0.25) is 5.02 Å². The third-order valence-corrected chi connectivity index (χ3v) is 5.58. The number of halogens is 1. The molecule has 3 heteroatoms. The lowest BCUT2D eigenvalue weighted by molar-refractivity contribution is -0.205. The highest BCUT2D eigenvalue weighted by molar-refractivity contribution is 6.30. The van der Waals surface area contributed by atoms with Crippen molar-refractivity contribution in [2.45, 2.75) is 19.1 Å². The topological polar surface area (TPSA) is 18.5 Å². The third-order valence-electron chi connectivity index (χ3n) is 5.32. The van der Waals surface area contributed by atoms with Crippen LogP contribution in [0.25, 0.3) is 22.3 Å². The molecule has 0 unspecified atom stereocenters. The number of allylic oxidation sites excluding steroid dienone is 1. The van der Waals surface area contributed by atoms with Crippen LogP contribution in [0.4, 0.5) is 0 Å². The number of benzene rings is 3. The summed E-state index contributed by atoms with van der Waals surface area (Å²) in [5.74, 6) is 0.461. The summed E-state index contributed by atoms with van der Waals surface area (Å²) in [6.45, 7) is 5.26. The van der Waals surface area contributed by atoms with Crippen molar-refractivity contribution >= 4 is 11.6 Å². The highest BCUT2D eigenvalue weighted by Gasteiger charge is 2.23. The molecule has 29 heavy (non-hydrogen) atoms. The van der Waals surface area contributed by atoms with Crippen LogP contribution in [0.15, 0.2) is 85.5 Å². The van der Waals surface area contributed by atoms with Crippen molar-refractivity contribution in [1.82, 2.24) is 0 Å². The summed E-state index contributed by atoms with van der Waals surface area (Å²) in [6.07, 6.45) is 3.76. The van der Waals surface area contributed by atoms with Gasteiger partial charge in [-0.3, -0.25) is 0 Å². The van der Waals surface area contributed by atoms with E-state index in [1.807, 2.05) is 30.3 Å². The smallest absolute Gasteiger partial charge is 0.183 e. The fourth-order valence-electron chi connectivity index (χ4n) is 3.59. The van der Waals surface area contributed by atoms with Crippen LogP contribution >= 0.6 is 11.6 Å². The molecule has 0 aromatic heterocycles. The summed E-state index contributed by atoms with van der Waals surface area (Å²) >= 11 is 5.98. The molecule has 3 aromatic rings. The first-order valence-electron chi connectivity index (χ1n) is 10.0. The maximum atomic E-state index is 5.98. The Bertz CT molecular complexity index is 922. The van der Waals surface area contributed by atoms with Crippen molar-refractivity contribution in [2.75, 3.05) is 13.2 Å². The predicted octanol–water partition coefficient (Wildman–Crippen LogP) is 7.30. The van der Waals surface area contributed by atoms with E-state index in [0.29, 0.717) is 5.92 Å². The summed E-state index contributed by atoms with van der Waals surface area (Å²) in [6, 6.07) is 24.9. The summed E-state index contributed by atoms with van der Waals surface area (Å²) < 4.78 is 11.9. The zero-order valence-electron chi connectivity index (χ0n) is 16.4. The maximum Gasteiger partial charge on any atom is 0.183 e. The molecule has 1 aliphatic rings. The van der Waals surface area contributed by atoms with E-state index in [1.165, 1.54) is 16.7 Å². The number of ether oxygens (including phenoxy) is 2. The molecule has 0 amide bonds. The van der Waals surface area contributed by atoms with Crippen LogP contribution in [0.1, 0.15) is 24.7 Å². The minimum absolute atomic E-state index is 0.267. The molecule has 0 spiro atoms. The molecule has 1 saturated heterocycles. The Labute approximate surface area is 177 Å². The van der Waals surface area contributed by atoms with Gasteiger partial charge in [0.05, 0.1) is 13.2 Å². The first-order chi connectivity index (χ1) is 14.2. The lowest BCUT2D eigenvalue weighted by Gasteiger charge is -2.29. The summed E-state index contributed by atoms with van der Waals surface area (Å²) in [4.78, 5) is 0. The normalized spacial score (nSPS) is 19.1. The van der Waals surface area contributed by atoms with Crippen molar-refractivity contribution in [1.29, 1.82) is 0 Å². The highest BCUT2D eigenvalue weighted by atomic mass is 35.5. The third kappa shape index (κ3) is 4.97.